The largest absolute Gasteiger partial charge is 0.532 e. The Kier molecular flexibility index (Phi) is 8.59. The molecule has 8 heteroatoms. The van der Waals surface area contributed by atoms with E-state index in [1.807, 2.05) is 0 Å². The van der Waals surface area contributed by atoms with E-state index >= 15 is 0 Å². The van der Waals surface area contributed by atoms with Gasteiger partial charge >= 0.3 is 8.80 Å². The maximum Gasteiger partial charge on any atom is 0.532 e. The summed E-state index contributed by atoms with van der Waals surface area (Å²) in [4.78, 5) is 0. The van der Waals surface area contributed by atoms with E-state index in [-0.39, 0.29) is 5.22 Å². The van der Waals surface area contributed by atoms with Crippen LogP contribution in [0.5, 0.6) is 0 Å². The van der Waals surface area contributed by atoms with Crippen LogP contribution in [0.1, 0.15) is 40.5 Å². The predicted octanol–water partition coefficient (Wildman–Crippen LogP) is 4.35. The average Bonchev–Trinajstić information content (AvgIpc) is 2.47. The molecular formula is C16H40O5Si3. The third-order valence-electron chi connectivity index (χ3n) is 5.09. The molecule has 24 heavy (non-hydrogen) atoms. The summed E-state index contributed by atoms with van der Waals surface area (Å²) in [6, 6.07) is 0. The highest BCUT2D eigenvalue weighted by atomic mass is 28.4. The first-order valence-corrected chi connectivity index (χ1v) is 16.8. The minimum Gasteiger partial charge on any atom is -0.412 e. The van der Waals surface area contributed by atoms with E-state index in [0.29, 0.717) is 0 Å². The van der Waals surface area contributed by atoms with E-state index in [0.717, 1.165) is 12.8 Å². The van der Waals surface area contributed by atoms with Gasteiger partial charge in [0.2, 0.25) is 8.32 Å². The summed E-state index contributed by atoms with van der Waals surface area (Å²) >= 11 is 0. The molecule has 0 bridgehead atoms. The Morgan fingerprint density at radius 3 is 1.29 bits per heavy atom. The van der Waals surface area contributed by atoms with Gasteiger partial charge in [-0.25, -0.2) is 0 Å². The normalized spacial score (nSPS) is 19.0. The van der Waals surface area contributed by atoms with Gasteiger partial charge < -0.3 is 22.1 Å². The lowest BCUT2D eigenvalue weighted by Gasteiger charge is -2.51. The molecule has 0 aliphatic rings. The van der Waals surface area contributed by atoms with Crippen molar-refractivity contribution < 1.29 is 22.1 Å². The van der Waals surface area contributed by atoms with E-state index in [1.54, 1.807) is 21.3 Å². The van der Waals surface area contributed by atoms with Gasteiger partial charge in [0.05, 0.1) is 5.22 Å². The second-order valence-corrected chi connectivity index (χ2v) is 20.3. The molecule has 0 aromatic heterocycles. The maximum atomic E-state index is 6.84. The molecule has 0 N–H and O–H groups in total. The van der Waals surface area contributed by atoms with Crippen LogP contribution in [0.25, 0.3) is 0 Å². The van der Waals surface area contributed by atoms with Crippen LogP contribution in [0.4, 0.5) is 0 Å². The Balaban J connectivity index is 5.85. The summed E-state index contributed by atoms with van der Waals surface area (Å²) in [5.41, 5.74) is 0. The second kappa shape index (κ2) is 8.43. The van der Waals surface area contributed by atoms with Gasteiger partial charge in [-0.15, -0.1) is 0 Å². The van der Waals surface area contributed by atoms with Gasteiger partial charge in [0.15, 0.2) is 8.32 Å². The van der Waals surface area contributed by atoms with Crippen LogP contribution < -0.4 is 0 Å². The molecular weight excluding hydrogens is 356 g/mol. The van der Waals surface area contributed by atoms with Crippen molar-refractivity contribution in [1.82, 2.24) is 0 Å². The van der Waals surface area contributed by atoms with E-state index in [9.17, 15) is 0 Å². The molecule has 0 aromatic rings. The van der Waals surface area contributed by atoms with Crippen molar-refractivity contribution in [2.24, 2.45) is 0 Å². The first kappa shape index (κ1) is 24.5. The average molecular weight is 397 g/mol. The predicted molar refractivity (Wildman–Crippen MR) is 107 cm³/mol. The summed E-state index contributed by atoms with van der Waals surface area (Å²) in [5.74, 6) is 0. The van der Waals surface area contributed by atoms with E-state index in [2.05, 4.69) is 60.4 Å². The van der Waals surface area contributed by atoms with Crippen molar-refractivity contribution in [2.45, 2.75) is 83.7 Å². The van der Waals surface area contributed by atoms with Crippen molar-refractivity contribution in [2.75, 3.05) is 21.3 Å². The molecule has 0 saturated heterocycles. The minimum atomic E-state index is -2.96. The van der Waals surface area contributed by atoms with Crippen LogP contribution >= 0.6 is 0 Å². The zero-order chi connectivity index (χ0) is 19.4. The van der Waals surface area contributed by atoms with E-state index in [1.165, 1.54) is 0 Å². The third-order valence-corrected chi connectivity index (χ3v) is 13.9. The molecule has 0 aliphatic heterocycles. The molecule has 0 aliphatic carbocycles. The first-order chi connectivity index (χ1) is 10.7. The molecule has 0 fully saturated rings. The molecule has 2 unspecified atom stereocenters. The summed E-state index contributed by atoms with van der Waals surface area (Å²) in [5, 5.41) is -0.885. The van der Waals surface area contributed by atoms with Gasteiger partial charge in [-0.3, -0.25) is 0 Å². The summed E-state index contributed by atoms with van der Waals surface area (Å²) in [7, 11) is -2.02. The Hall–Kier alpha value is 0.451. The quantitative estimate of drug-likeness (QED) is 0.486. The Morgan fingerprint density at radius 2 is 1.04 bits per heavy atom. The van der Waals surface area contributed by atoms with Crippen LogP contribution in [0, 0.1) is 0 Å². The molecule has 0 rings (SSSR count). The molecule has 0 spiro atoms. The van der Waals surface area contributed by atoms with Crippen molar-refractivity contribution in [3.8, 4) is 0 Å². The topological polar surface area (TPSA) is 46.2 Å². The van der Waals surface area contributed by atoms with Gasteiger partial charge in [-0.2, -0.15) is 0 Å². The Bertz CT molecular complexity index is 387. The van der Waals surface area contributed by atoms with Crippen LogP contribution in [-0.2, 0) is 22.1 Å². The van der Waals surface area contributed by atoms with E-state index < -0.39 is 30.7 Å². The number of rotatable bonds is 11. The van der Waals surface area contributed by atoms with Crippen molar-refractivity contribution >= 4 is 25.4 Å². The molecule has 2 atom stereocenters. The van der Waals surface area contributed by atoms with Crippen LogP contribution in [0.3, 0.4) is 0 Å². The fourth-order valence-corrected chi connectivity index (χ4v) is 12.4. The molecule has 5 nitrogen and oxygen atoms in total. The second-order valence-electron chi connectivity index (χ2n) is 8.16. The van der Waals surface area contributed by atoms with Gasteiger partial charge in [0.1, 0.15) is 5.22 Å². The smallest absolute Gasteiger partial charge is 0.412 e. The standard InChI is InChI=1S/C16H40O5Si3/c1-13-15(3,20-22(8,9)10)23(11,12)21-16(4,14-2)24(17-5,18-6)19-7/h13-14H2,1-12H3. The fraction of sp³-hybridized carbons (Fsp3) is 1.00. The lowest BCUT2D eigenvalue weighted by Crippen LogP contribution is -2.70. The maximum absolute atomic E-state index is 6.84. The highest BCUT2D eigenvalue weighted by molar-refractivity contribution is 6.78. The number of hydrogen-bond acceptors (Lipinski definition) is 5. The molecule has 0 saturated carbocycles. The summed E-state index contributed by atoms with van der Waals surface area (Å²) in [6.45, 7) is 19.6. The SMILES string of the molecule is CCC(C)(O[Si](C)(C)C)[Si](C)(C)OC(C)(CC)[Si](OC)(OC)OC. The number of hydrogen-bond donors (Lipinski definition) is 0. The van der Waals surface area contributed by atoms with Crippen LogP contribution in [0.2, 0.25) is 32.7 Å². The first-order valence-electron chi connectivity index (χ1n) is 8.77. The van der Waals surface area contributed by atoms with Gasteiger partial charge in [-0.05, 0) is 59.4 Å². The summed E-state index contributed by atoms with van der Waals surface area (Å²) < 4.78 is 30.7. The molecule has 0 amide bonds. The van der Waals surface area contributed by atoms with Crippen molar-refractivity contribution in [3.63, 3.8) is 0 Å². The van der Waals surface area contributed by atoms with Crippen LogP contribution in [0.15, 0.2) is 0 Å². The monoisotopic (exact) mass is 396 g/mol. The van der Waals surface area contributed by atoms with Gasteiger partial charge in [-0.1, -0.05) is 13.8 Å². The van der Waals surface area contributed by atoms with Gasteiger partial charge in [0, 0.05) is 21.3 Å². The molecule has 146 valence electrons. The van der Waals surface area contributed by atoms with Crippen molar-refractivity contribution in [3.05, 3.63) is 0 Å². The van der Waals surface area contributed by atoms with Crippen molar-refractivity contribution in [1.29, 1.82) is 0 Å². The third kappa shape index (κ3) is 5.00. The zero-order valence-corrected chi connectivity index (χ0v) is 21.0. The molecule has 0 radical (unpaired) electrons. The zero-order valence-electron chi connectivity index (χ0n) is 18.0. The lowest BCUT2D eigenvalue weighted by molar-refractivity contribution is -0.000392. The molecule has 0 heterocycles. The summed E-state index contributed by atoms with van der Waals surface area (Å²) in [6.07, 6.45) is 1.66. The van der Waals surface area contributed by atoms with Crippen LogP contribution in [-0.4, -0.2) is 57.2 Å². The fourth-order valence-electron chi connectivity index (χ4n) is 3.22. The lowest BCUT2D eigenvalue weighted by atomic mass is 10.3. The van der Waals surface area contributed by atoms with Gasteiger partial charge in [0.25, 0.3) is 0 Å². The molecule has 0 aromatic carbocycles. The minimum absolute atomic E-state index is 0.275. The highest BCUT2D eigenvalue weighted by Crippen LogP contribution is 2.39. The highest BCUT2D eigenvalue weighted by Gasteiger charge is 2.61. The Morgan fingerprint density at radius 1 is 0.667 bits per heavy atom. The van der Waals surface area contributed by atoms with E-state index in [4.69, 9.17) is 22.1 Å². The Labute approximate surface area is 153 Å².